The smallest absolute Gasteiger partial charge is 0.243 e. The topological polar surface area (TPSA) is 77.1 Å². The van der Waals surface area contributed by atoms with Gasteiger partial charge in [-0.25, -0.2) is 0 Å². The zero-order chi connectivity index (χ0) is 28.2. The standard InChI is InChI=1S/C32H40N2O5/c1-23(2)17-18-33-32(36)28(19-24-9-7-6-8-10-24)34(22-25-11-14-27(37-3)15-12-25)31(35)21-26-13-16-29(38-4)30(20-26)39-5/h6-16,20,23,28H,17-19,21-22H2,1-5H3,(H,33,36)/t28-/m0/s1. The van der Waals surface area contributed by atoms with E-state index in [1.165, 1.54) is 0 Å². The largest absolute Gasteiger partial charge is 0.497 e. The summed E-state index contributed by atoms with van der Waals surface area (Å²) in [4.78, 5) is 29.3. The van der Waals surface area contributed by atoms with Gasteiger partial charge in [-0.3, -0.25) is 9.59 Å². The number of ether oxygens (including phenoxy) is 3. The first-order chi connectivity index (χ1) is 18.8. The van der Waals surface area contributed by atoms with Gasteiger partial charge in [0, 0.05) is 19.5 Å². The van der Waals surface area contributed by atoms with Crippen LogP contribution in [0.15, 0.2) is 72.8 Å². The lowest BCUT2D eigenvalue weighted by molar-refractivity contribution is -0.140. The number of rotatable bonds is 14. The third kappa shape index (κ3) is 8.77. The zero-order valence-corrected chi connectivity index (χ0v) is 23.6. The molecule has 3 aromatic carbocycles. The van der Waals surface area contributed by atoms with Gasteiger partial charge < -0.3 is 24.4 Å². The number of amides is 2. The summed E-state index contributed by atoms with van der Waals surface area (Å²) in [5.41, 5.74) is 2.67. The van der Waals surface area contributed by atoms with Gasteiger partial charge in [0.05, 0.1) is 27.8 Å². The van der Waals surface area contributed by atoms with Crippen molar-refractivity contribution in [2.45, 2.75) is 45.7 Å². The summed E-state index contributed by atoms with van der Waals surface area (Å²) < 4.78 is 16.1. The fourth-order valence-electron chi connectivity index (χ4n) is 4.35. The van der Waals surface area contributed by atoms with Crippen molar-refractivity contribution in [3.8, 4) is 17.2 Å². The molecule has 0 spiro atoms. The molecule has 0 aliphatic rings. The lowest BCUT2D eigenvalue weighted by Crippen LogP contribution is -2.51. The van der Waals surface area contributed by atoms with E-state index in [0.29, 0.717) is 30.4 Å². The zero-order valence-electron chi connectivity index (χ0n) is 23.6. The summed E-state index contributed by atoms with van der Waals surface area (Å²) in [5, 5.41) is 3.08. The van der Waals surface area contributed by atoms with Crippen LogP contribution in [0.1, 0.15) is 37.0 Å². The van der Waals surface area contributed by atoms with Crippen molar-refractivity contribution < 1.29 is 23.8 Å². The van der Waals surface area contributed by atoms with Crippen LogP contribution in [-0.4, -0.2) is 50.6 Å². The summed E-state index contributed by atoms with van der Waals surface area (Å²) in [6.07, 6.45) is 1.38. The van der Waals surface area contributed by atoms with E-state index in [4.69, 9.17) is 14.2 Å². The molecular weight excluding hydrogens is 492 g/mol. The highest BCUT2D eigenvalue weighted by Gasteiger charge is 2.30. The number of hydrogen-bond acceptors (Lipinski definition) is 5. The van der Waals surface area contributed by atoms with Gasteiger partial charge >= 0.3 is 0 Å². The lowest BCUT2D eigenvalue weighted by atomic mass is 10.0. The number of methoxy groups -OCH3 is 3. The van der Waals surface area contributed by atoms with Gasteiger partial charge in [-0.1, -0.05) is 62.4 Å². The molecule has 0 unspecified atom stereocenters. The Morgan fingerprint density at radius 2 is 1.46 bits per heavy atom. The van der Waals surface area contributed by atoms with Crippen molar-refractivity contribution in [3.05, 3.63) is 89.5 Å². The number of carbonyl (C=O) groups excluding carboxylic acids is 2. The normalized spacial score (nSPS) is 11.5. The molecule has 0 bridgehead atoms. The quantitative estimate of drug-likeness (QED) is 0.314. The Morgan fingerprint density at radius 1 is 0.795 bits per heavy atom. The minimum absolute atomic E-state index is 0.112. The van der Waals surface area contributed by atoms with E-state index in [1.807, 2.05) is 60.7 Å². The molecule has 0 heterocycles. The fraction of sp³-hybridized carbons (Fsp3) is 0.375. The second kappa shape index (κ2) is 14.8. The summed E-state index contributed by atoms with van der Waals surface area (Å²) >= 11 is 0. The molecule has 0 aliphatic carbocycles. The summed E-state index contributed by atoms with van der Waals surface area (Å²) in [6.45, 7) is 5.08. The molecule has 1 N–H and O–H groups in total. The van der Waals surface area contributed by atoms with E-state index in [2.05, 4.69) is 19.2 Å². The molecule has 39 heavy (non-hydrogen) atoms. The van der Waals surface area contributed by atoms with Gasteiger partial charge in [-0.15, -0.1) is 0 Å². The van der Waals surface area contributed by atoms with Crippen molar-refractivity contribution in [3.63, 3.8) is 0 Å². The van der Waals surface area contributed by atoms with Crippen LogP contribution in [0, 0.1) is 5.92 Å². The van der Waals surface area contributed by atoms with Crippen LogP contribution in [0.5, 0.6) is 17.2 Å². The molecule has 0 fully saturated rings. The molecule has 0 aliphatic heterocycles. The average Bonchev–Trinajstić information content (AvgIpc) is 2.95. The number of nitrogens with one attached hydrogen (secondary N) is 1. The minimum Gasteiger partial charge on any atom is -0.497 e. The predicted octanol–water partition coefficient (Wildman–Crippen LogP) is 5.06. The number of hydrogen-bond donors (Lipinski definition) is 1. The molecule has 2 amide bonds. The highest BCUT2D eigenvalue weighted by atomic mass is 16.5. The minimum atomic E-state index is -0.686. The van der Waals surface area contributed by atoms with Crippen molar-refractivity contribution in [2.24, 2.45) is 5.92 Å². The molecule has 0 aromatic heterocycles. The van der Waals surface area contributed by atoms with Crippen LogP contribution in [-0.2, 0) is 29.0 Å². The van der Waals surface area contributed by atoms with Crippen LogP contribution in [0.25, 0.3) is 0 Å². The fourth-order valence-corrected chi connectivity index (χ4v) is 4.35. The molecule has 0 saturated carbocycles. The van der Waals surface area contributed by atoms with Crippen molar-refractivity contribution in [1.82, 2.24) is 10.2 Å². The molecule has 208 valence electrons. The molecule has 0 radical (unpaired) electrons. The molecular formula is C32H40N2O5. The van der Waals surface area contributed by atoms with E-state index in [9.17, 15) is 9.59 Å². The Balaban J connectivity index is 1.95. The Kier molecular flexibility index (Phi) is 11.2. The van der Waals surface area contributed by atoms with E-state index < -0.39 is 6.04 Å². The van der Waals surface area contributed by atoms with Crippen LogP contribution in [0.2, 0.25) is 0 Å². The van der Waals surface area contributed by atoms with E-state index in [1.54, 1.807) is 38.4 Å². The maximum absolute atomic E-state index is 14.0. The first kappa shape index (κ1) is 29.6. The molecule has 3 aromatic rings. The summed E-state index contributed by atoms with van der Waals surface area (Å²) in [5.74, 6) is 2.02. The van der Waals surface area contributed by atoms with Crippen LogP contribution >= 0.6 is 0 Å². The van der Waals surface area contributed by atoms with Crippen molar-refractivity contribution >= 4 is 11.8 Å². The van der Waals surface area contributed by atoms with Gasteiger partial charge in [-0.2, -0.15) is 0 Å². The molecule has 1 atom stereocenters. The first-order valence-electron chi connectivity index (χ1n) is 13.3. The summed E-state index contributed by atoms with van der Waals surface area (Å²) in [6, 6.07) is 22.1. The number of nitrogens with zero attached hydrogens (tertiary/aromatic N) is 1. The summed E-state index contributed by atoms with van der Waals surface area (Å²) in [7, 11) is 4.76. The predicted molar refractivity (Wildman–Crippen MR) is 153 cm³/mol. The highest BCUT2D eigenvalue weighted by Crippen LogP contribution is 2.28. The lowest BCUT2D eigenvalue weighted by Gasteiger charge is -2.32. The van der Waals surface area contributed by atoms with Crippen molar-refractivity contribution in [2.75, 3.05) is 27.9 Å². The molecule has 7 heteroatoms. The van der Waals surface area contributed by atoms with Gasteiger partial charge in [-0.05, 0) is 53.3 Å². The third-order valence-corrected chi connectivity index (χ3v) is 6.61. The average molecular weight is 533 g/mol. The third-order valence-electron chi connectivity index (χ3n) is 6.61. The molecule has 7 nitrogen and oxygen atoms in total. The monoisotopic (exact) mass is 532 g/mol. The Hall–Kier alpha value is -4.00. The second-order valence-corrected chi connectivity index (χ2v) is 9.91. The number of carbonyl (C=O) groups is 2. The van der Waals surface area contributed by atoms with Crippen LogP contribution < -0.4 is 19.5 Å². The molecule has 3 rings (SSSR count). The van der Waals surface area contributed by atoms with Gasteiger partial charge in [0.25, 0.3) is 0 Å². The van der Waals surface area contributed by atoms with Crippen LogP contribution in [0.3, 0.4) is 0 Å². The first-order valence-corrected chi connectivity index (χ1v) is 13.3. The van der Waals surface area contributed by atoms with Gasteiger partial charge in [0.1, 0.15) is 11.8 Å². The molecule has 0 saturated heterocycles. The highest BCUT2D eigenvalue weighted by molar-refractivity contribution is 5.89. The maximum atomic E-state index is 14.0. The number of benzene rings is 3. The SMILES string of the molecule is COc1ccc(CN(C(=O)Cc2ccc(OC)c(OC)c2)[C@@H](Cc2ccccc2)C(=O)NCCC(C)C)cc1. The van der Waals surface area contributed by atoms with Gasteiger partial charge in [0.2, 0.25) is 11.8 Å². The van der Waals surface area contributed by atoms with Crippen molar-refractivity contribution in [1.29, 1.82) is 0 Å². The van der Waals surface area contributed by atoms with E-state index in [-0.39, 0.29) is 24.8 Å². The second-order valence-electron chi connectivity index (χ2n) is 9.91. The Bertz CT molecular complexity index is 1190. The Morgan fingerprint density at radius 3 is 2.08 bits per heavy atom. The van der Waals surface area contributed by atoms with E-state index >= 15 is 0 Å². The van der Waals surface area contributed by atoms with Gasteiger partial charge in [0.15, 0.2) is 11.5 Å². The van der Waals surface area contributed by atoms with Crippen LogP contribution in [0.4, 0.5) is 0 Å². The Labute approximate surface area is 232 Å². The maximum Gasteiger partial charge on any atom is 0.243 e. The van der Waals surface area contributed by atoms with E-state index in [0.717, 1.165) is 28.9 Å².